The Morgan fingerprint density at radius 3 is 2.87 bits per heavy atom. The normalized spacial score (nSPS) is 18.3. The van der Waals surface area contributed by atoms with Gasteiger partial charge in [0.2, 0.25) is 5.91 Å². The van der Waals surface area contributed by atoms with Gasteiger partial charge in [0.1, 0.15) is 11.5 Å². The molecule has 3 heterocycles. The summed E-state index contributed by atoms with van der Waals surface area (Å²) < 4.78 is 16.3. The Balaban J connectivity index is 1.30. The van der Waals surface area contributed by atoms with E-state index in [9.17, 15) is 4.79 Å². The average molecular weight is 440 g/mol. The highest BCUT2D eigenvalue weighted by Gasteiger charge is 2.34. The Morgan fingerprint density at radius 2 is 2.06 bits per heavy atom. The van der Waals surface area contributed by atoms with Gasteiger partial charge in [-0.15, -0.1) is 11.3 Å². The van der Waals surface area contributed by atoms with Crippen molar-refractivity contribution >= 4 is 17.2 Å². The Bertz CT molecular complexity index is 1080. The van der Waals surface area contributed by atoms with Crippen molar-refractivity contribution in [1.29, 1.82) is 0 Å². The van der Waals surface area contributed by atoms with Gasteiger partial charge in [0.25, 0.3) is 5.89 Å². The van der Waals surface area contributed by atoms with Crippen LogP contribution in [0.1, 0.15) is 47.0 Å². The van der Waals surface area contributed by atoms with Crippen LogP contribution in [0, 0.1) is 0 Å². The maximum absolute atomic E-state index is 12.7. The summed E-state index contributed by atoms with van der Waals surface area (Å²) in [7, 11) is 3.24. The number of benzene rings is 1. The molecular weight excluding hydrogens is 414 g/mol. The average Bonchev–Trinajstić information content (AvgIpc) is 3.52. The van der Waals surface area contributed by atoms with Crippen LogP contribution in [0.3, 0.4) is 0 Å². The third-order valence-corrected chi connectivity index (χ3v) is 7.31. The van der Waals surface area contributed by atoms with Gasteiger partial charge in [-0.3, -0.25) is 4.79 Å². The molecular formula is C23H25N3O4S. The number of hydrogen-bond acceptors (Lipinski definition) is 7. The van der Waals surface area contributed by atoms with Crippen molar-refractivity contribution in [2.24, 2.45) is 0 Å². The van der Waals surface area contributed by atoms with Crippen molar-refractivity contribution in [3.8, 4) is 22.3 Å². The zero-order chi connectivity index (χ0) is 21.4. The minimum Gasteiger partial charge on any atom is -0.497 e. The molecule has 0 bridgehead atoms. The number of hydrogen-bond donors (Lipinski definition) is 0. The summed E-state index contributed by atoms with van der Waals surface area (Å²) >= 11 is 1.76. The molecule has 0 saturated carbocycles. The first-order chi connectivity index (χ1) is 15.1. The number of carbonyl (C=O) groups is 1. The second-order valence-corrected chi connectivity index (χ2v) is 9.21. The molecule has 1 unspecified atom stereocenters. The van der Waals surface area contributed by atoms with Gasteiger partial charge >= 0.3 is 0 Å². The number of nitrogens with zero attached hydrogens (tertiary/aromatic N) is 3. The van der Waals surface area contributed by atoms with E-state index < -0.39 is 0 Å². The molecule has 1 aliphatic heterocycles. The molecule has 1 aliphatic carbocycles. The van der Waals surface area contributed by atoms with E-state index in [1.807, 2.05) is 23.1 Å². The quantitative estimate of drug-likeness (QED) is 0.573. The number of carbonyl (C=O) groups excluding carboxylic acids is 1. The summed E-state index contributed by atoms with van der Waals surface area (Å²) in [5.74, 6) is 2.63. The number of rotatable bonds is 6. The molecule has 8 heteroatoms. The van der Waals surface area contributed by atoms with Crippen LogP contribution in [0.4, 0.5) is 0 Å². The molecule has 2 aromatic heterocycles. The second kappa shape index (κ2) is 8.34. The van der Waals surface area contributed by atoms with Gasteiger partial charge in [0.15, 0.2) is 5.82 Å². The number of amides is 1. The molecule has 1 aromatic carbocycles. The lowest BCUT2D eigenvalue weighted by molar-refractivity contribution is -0.128. The van der Waals surface area contributed by atoms with Gasteiger partial charge in [-0.1, -0.05) is 5.16 Å². The lowest BCUT2D eigenvalue weighted by atomic mass is 9.99. The van der Waals surface area contributed by atoms with Crippen molar-refractivity contribution < 1.29 is 18.8 Å². The molecule has 0 N–H and O–H groups in total. The third kappa shape index (κ3) is 3.92. The number of thiophene rings is 1. The molecule has 5 rings (SSSR count). The van der Waals surface area contributed by atoms with E-state index in [2.05, 4.69) is 16.2 Å². The maximum Gasteiger partial charge on any atom is 0.268 e. The van der Waals surface area contributed by atoms with Crippen molar-refractivity contribution in [3.63, 3.8) is 0 Å². The van der Waals surface area contributed by atoms with E-state index in [1.54, 1.807) is 25.6 Å². The highest BCUT2D eigenvalue weighted by Crippen LogP contribution is 2.36. The van der Waals surface area contributed by atoms with Crippen molar-refractivity contribution in [1.82, 2.24) is 15.0 Å². The molecule has 1 fully saturated rings. The Labute approximate surface area is 185 Å². The summed E-state index contributed by atoms with van der Waals surface area (Å²) in [4.78, 5) is 21.6. The van der Waals surface area contributed by atoms with Crippen LogP contribution in [0.2, 0.25) is 0 Å². The first-order valence-corrected chi connectivity index (χ1v) is 11.4. The van der Waals surface area contributed by atoms with Crippen LogP contribution in [-0.2, 0) is 24.2 Å². The van der Waals surface area contributed by atoms with Gasteiger partial charge < -0.3 is 18.9 Å². The number of aromatic nitrogens is 2. The maximum atomic E-state index is 12.7. The summed E-state index contributed by atoms with van der Waals surface area (Å²) in [6.45, 7) is 1.04. The second-order valence-electron chi connectivity index (χ2n) is 8.08. The predicted molar refractivity (Wildman–Crippen MR) is 117 cm³/mol. The van der Waals surface area contributed by atoms with Gasteiger partial charge in [-0.25, -0.2) is 0 Å². The summed E-state index contributed by atoms with van der Waals surface area (Å²) in [6, 6.07) is 7.84. The van der Waals surface area contributed by atoms with E-state index in [0.717, 1.165) is 29.0 Å². The lowest BCUT2D eigenvalue weighted by Crippen LogP contribution is -2.24. The Morgan fingerprint density at radius 1 is 1.19 bits per heavy atom. The minimum atomic E-state index is -0.0659. The van der Waals surface area contributed by atoms with Crippen LogP contribution in [-0.4, -0.2) is 41.7 Å². The van der Waals surface area contributed by atoms with Gasteiger partial charge in [0.05, 0.1) is 19.1 Å². The van der Waals surface area contributed by atoms with Crippen molar-refractivity contribution in [3.05, 3.63) is 46.1 Å². The standard InChI is InChI=1S/C23H25N3O4S/c1-28-17-8-7-15(18(11-17)29-2)12-26-13-16(10-21(26)27)22-24-23(30-25-22)20-9-14-5-3-4-6-19(14)31-20/h7-9,11,16H,3-6,10,12-13H2,1-2H3. The molecule has 7 nitrogen and oxygen atoms in total. The summed E-state index contributed by atoms with van der Waals surface area (Å²) in [5, 5.41) is 4.21. The number of methoxy groups -OCH3 is 2. The number of ether oxygens (including phenoxy) is 2. The minimum absolute atomic E-state index is 0.0659. The van der Waals surface area contributed by atoms with Crippen LogP contribution < -0.4 is 9.47 Å². The van der Waals surface area contributed by atoms with Gasteiger partial charge in [-0.2, -0.15) is 4.98 Å². The van der Waals surface area contributed by atoms with E-state index in [1.165, 1.54) is 23.3 Å². The molecule has 1 amide bonds. The zero-order valence-corrected chi connectivity index (χ0v) is 18.5. The van der Waals surface area contributed by atoms with Gasteiger partial charge in [0, 0.05) is 41.9 Å². The monoisotopic (exact) mass is 439 g/mol. The van der Waals surface area contributed by atoms with Crippen LogP contribution >= 0.6 is 11.3 Å². The molecule has 31 heavy (non-hydrogen) atoms. The molecule has 0 spiro atoms. The van der Waals surface area contributed by atoms with Crippen LogP contribution in [0.25, 0.3) is 10.8 Å². The van der Waals surface area contributed by atoms with Crippen LogP contribution in [0.15, 0.2) is 28.8 Å². The van der Waals surface area contributed by atoms with Crippen LogP contribution in [0.5, 0.6) is 11.5 Å². The molecule has 1 atom stereocenters. The fraction of sp³-hybridized carbons (Fsp3) is 0.435. The molecule has 0 radical (unpaired) electrons. The number of fused-ring (bicyclic) bond motifs is 1. The van der Waals surface area contributed by atoms with Gasteiger partial charge in [-0.05, 0) is 49.4 Å². The topological polar surface area (TPSA) is 77.7 Å². The Hall–Kier alpha value is -2.87. The highest BCUT2D eigenvalue weighted by atomic mass is 32.1. The molecule has 1 saturated heterocycles. The SMILES string of the molecule is COc1ccc(CN2CC(c3noc(-c4cc5c(s4)CCCC5)n3)CC2=O)c(OC)c1. The molecule has 3 aromatic rings. The zero-order valence-electron chi connectivity index (χ0n) is 17.7. The van der Waals surface area contributed by atoms with E-state index >= 15 is 0 Å². The highest BCUT2D eigenvalue weighted by molar-refractivity contribution is 7.15. The van der Waals surface area contributed by atoms with E-state index in [0.29, 0.717) is 37.0 Å². The molecule has 2 aliphatic rings. The fourth-order valence-electron chi connectivity index (χ4n) is 4.38. The van der Waals surface area contributed by atoms with Crippen molar-refractivity contribution in [2.75, 3.05) is 20.8 Å². The number of likely N-dealkylation sites (tertiary alicyclic amines) is 1. The fourth-order valence-corrected chi connectivity index (χ4v) is 5.56. The van der Waals surface area contributed by atoms with Crippen molar-refractivity contribution in [2.45, 2.75) is 44.6 Å². The predicted octanol–water partition coefficient (Wildman–Crippen LogP) is 4.21. The summed E-state index contributed by atoms with van der Waals surface area (Å²) in [6.07, 6.45) is 5.16. The third-order valence-electron chi connectivity index (χ3n) is 6.08. The Kier molecular flexibility index (Phi) is 5.40. The largest absolute Gasteiger partial charge is 0.497 e. The van der Waals surface area contributed by atoms with E-state index in [-0.39, 0.29) is 11.8 Å². The smallest absolute Gasteiger partial charge is 0.268 e. The molecule has 162 valence electrons. The van der Waals surface area contributed by atoms with E-state index in [4.69, 9.17) is 14.0 Å². The first kappa shape index (κ1) is 20.1. The summed E-state index contributed by atoms with van der Waals surface area (Å²) in [5.41, 5.74) is 2.36. The number of aryl methyl sites for hydroxylation is 2. The first-order valence-electron chi connectivity index (χ1n) is 10.6. The lowest BCUT2D eigenvalue weighted by Gasteiger charge is -2.18.